The summed E-state index contributed by atoms with van der Waals surface area (Å²) >= 11 is 0. The third-order valence-electron chi connectivity index (χ3n) is 6.75. The number of tetrazole rings is 1. The second kappa shape index (κ2) is 8.18. The Balaban J connectivity index is 1.48. The lowest BCUT2D eigenvalue weighted by Crippen LogP contribution is -2.42. The van der Waals surface area contributed by atoms with E-state index < -0.39 is 0 Å². The molecule has 0 bridgehead atoms. The lowest BCUT2D eigenvalue weighted by atomic mass is 9.95. The van der Waals surface area contributed by atoms with Crippen LogP contribution in [0.4, 0.5) is 0 Å². The van der Waals surface area contributed by atoms with Crippen molar-refractivity contribution < 1.29 is 14.2 Å². The van der Waals surface area contributed by atoms with Gasteiger partial charge in [0.2, 0.25) is 6.79 Å². The van der Waals surface area contributed by atoms with Crippen LogP contribution < -0.4 is 15.0 Å². The maximum atomic E-state index is 13.3. The molecule has 2 fully saturated rings. The molecule has 32 heavy (non-hydrogen) atoms. The SMILES string of the molecule is O=c1[nH]c2cc3c(cc2cc1C(c1nnnn1C1CCCCC1)N1CCOCC1)OCO3. The Morgan fingerprint density at radius 3 is 2.62 bits per heavy atom. The molecule has 1 unspecified atom stereocenters. The molecule has 0 amide bonds. The van der Waals surface area contributed by atoms with E-state index in [2.05, 4.69) is 25.4 Å². The number of rotatable bonds is 4. The van der Waals surface area contributed by atoms with Crippen molar-refractivity contribution in [2.45, 2.75) is 44.2 Å². The summed E-state index contributed by atoms with van der Waals surface area (Å²) in [5, 5.41) is 13.7. The van der Waals surface area contributed by atoms with Gasteiger partial charge in [-0.05, 0) is 35.4 Å². The van der Waals surface area contributed by atoms with Crippen LogP contribution in [0.5, 0.6) is 11.5 Å². The smallest absolute Gasteiger partial charge is 0.253 e. The van der Waals surface area contributed by atoms with E-state index in [-0.39, 0.29) is 24.4 Å². The molecule has 0 radical (unpaired) electrons. The Morgan fingerprint density at radius 1 is 1.03 bits per heavy atom. The van der Waals surface area contributed by atoms with Crippen LogP contribution in [0.3, 0.4) is 0 Å². The highest BCUT2D eigenvalue weighted by Crippen LogP contribution is 2.37. The fourth-order valence-electron chi connectivity index (χ4n) is 5.12. The quantitative estimate of drug-likeness (QED) is 0.660. The van der Waals surface area contributed by atoms with E-state index in [0.717, 1.165) is 29.6 Å². The number of aromatic nitrogens is 5. The normalized spacial score (nSPS) is 20.6. The van der Waals surface area contributed by atoms with Gasteiger partial charge in [0.05, 0.1) is 24.8 Å². The second-order valence-electron chi connectivity index (χ2n) is 8.67. The molecule has 2 aliphatic heterocycles. The highest BCUT2D eigenvalue weighted by Gasteiger charge is 2.33. The number of aromatic amines is 1. The van der Waals surface area contributed by atoms with Crippen molar-refractivity contribution in [2.75, 3.05) is 33.1 Å². The molecule has 1 saturated heterocycles. The first-order chi connectivity index (χ1) is 15.8. The third-order valence-corrected chi connectivity index (χ3v) is 6.75. The highest BCUT2D eigenvalue weighted by molar-refractivity contribution is 5.83. The predicted octanol–water partition coefficient (Wildman–Crippen LogP) is 2.17. The molecule has 1 aliphatic carbocycles. The van der Waals surface area contributed by atoms with Crippen molar-refractivity contribution in [1.82, 2.24) is 30.1 Å². The predicted molar refractivity (Wildman–Crippen MR) is 115 cm³/mol. The van der Waals surface area contributed by atoms with Crippen molar-refractivity contribution in [2.24, 2.45) is 0 Å². The van der Waals surface area contributed by atoms with Crippen LogP contribution in [0.15, 0.2) is 23.0 Å². The largest absolute Gasteiger partial charge is 0.454 e. The van der Waals surface area contributed by atoms with Crippen molar-refractivity contribution >= 4 is 10.9 Å². The van der Waals surface area contributed by atoms with Gasteiger partial charge in [-0.2, -0.15) is 0 Å². The fourth-order valence-corrected chi connectivity index (χ4v) is 5.12. The molecular weight excluding hydrogens is 412 g/mol. The standard InChI is InChI=1S/C22H26N6O4/c29-22-16(10-14-11-18-19(32-13-31-18)12-17(14)23-22)20(27-6-8-30-9-7-27)21-24-25-26-28(21)15-4-2-1-3-5-15/h10-12,15,20H,1-9,13H2,(H,23,29). The van der Waals surface area contributed by atoms with Crippen LogP contribution in [0.1, 0.15) is 55.6 Å². The molecule has 6 rings (SSSR count). The average Bonchev–Trinajstić information content (AvgIpc) is 3.49. The van der Waals surface area contributed by atoms with Crippen molar-refractivity contribution in [3.63, 3.8) is 0 Å². The summed E-state index contributed by atoms with van der Waals surface area (Å²) in [5.41, 5.74) is 1.20. The van der Waals surface area contributed by atoms with Gasteiger partial charge >= 0.3 is 0 Å². The van der Waals surface area contributed by atoms with Gasteiger partial charge in [-0.1, -0.05) is 19.3 Å². The van der Waals surface area contributed by atoms with Crippen LogP contribution in [0.2, 0.25) is 0 Å². The summed E-state index contributed by atoms with van der Waals surface area (Å²) in [6.07, 6.45) is 5.73. The maximum Gasteiger partial charge on any atom is 0.253 e. The minimum absolute atomic E-state index is 0.147. The van der Waals surface area contributed by atoms with Gasteiger partial charge in [0.15, 0.2) is 17.3 Å². The number of H-pyrrole nitrogens is 1. The monoisotopic (exact) mass is 438 g/mol. The number of morpholine rings is 1. The second-order valence-corrected chi connectivity index (χ2v) is 8.67. The van der Waals surface area contributed by atoms with E-state index in [9.17, 15) is 4.79 Å². The van der Waals surface area contributed by atoms with Crippen LogP contribution >= 0.6 is 0 Å². The van der Waals surface area contributed by atoms with E-state index in [1.165, 1.54) is 19.3 Å². The van der Waals surface area contributed by atoms with E-state index >= 15 is 0 Å². The Hall–Kier alpha value is -2.98. The summed E-state index contributed by atoms with van der Waals surface area (Å²) in [4.78, 5) is 18.6. The molecule has 10 nitrogen and oxygen atoms in total. The number of hydrogen-bond acceptors (Lipinski definition) is 8. The maximum absolute atomic E-state index is 13.3. The van der Waals surface area contributed by atoms with Gasteiger partial charge in [0.1, 0.15) is 6.04 Å². The van der Waals surface area contributed by atoms with E-state index in [4.69, 9.17) is 14.2 Å². The molecule has 4 heterocycles. The number of nitrogens with zero attached hydrogens (tertiary/aromatic N) is 5. The Labute approximate surface area is 184 Å². The molecule has 1 N–H and O–H groups in total. The molecule has 3 aromatic rings. The van der Waals surface area contributed by atoms with Crippen LogP contribution in [0, 0.1) is 0 Å². The van der Waals surface area contributed by atoms with E-state index in [0.29, 0.717) is 43.4 Å². The summed E-state index contributed by atoms with van der Waals surface area (Å²) < 4.78 is 18.6. The average molecular weight is 438 g/mol. The summed E-state index contributed by atoms with van der Waals surface area (Å²) in [5.74, 6) is 2.06. The van der Waals surface area contributed by atoms with Crippen molar-refractivity contribution in [3.05, 3.63) is 39.9 Å². The van der Waals surface area contributed by atoms with Gasteiger partial charge in [0, 0.05) is 30.1 Å². The Bertz CT molecular complexity index is 1180. The molecule has 1 aromatic carbocycles. The molecule has 1 saturated carbocycles. The summed E-state index contributed by atoms with van der Waals surface area (Å²) in [6.45, 7) is 2.84. The summed E-state index contributed by atoms with van der Waals surface area (Å²) in [6, 6.07) is 5.59. The van der Waals surface area contributed by atoms with Crippen LogP contribution in [0.25, 0.3) is 10.9 Å². The van der Waals surface area contributed by atoms with Gasteiger partial charge in [-0.25, -0.2) is 4.68 Å². The number of pyridine rings is 1. The topological polar surface area (TPSA) is 107 Å². The number of hydrogen-bond donors (Lipinski definition) is 1. The zero-order valence-electron chi connectivity index (χ0n) is 17.8. The fraction of sp³-hybridized carbons (Fsp3) is 0.545. The molecule has 0 spiro atoms. The van der Waals surface area contributed by atoms with Gasteiger partial charge in [-0.3, -0.25) is 9.69 Å². The third kappa shape index (κ3) is 3.43. The molecular formula is C22H26N6O4. The zero-order chi connectivity index (χ0) is 21.5. The number of ether oxygens (including phenoxy) is 3. The number of benzene rings is 1. The number of nitrogens with one attached hydrogen (secondary N) is 1. The van der Waals surface area contributed by atoms with Crippen molar-refractivity contribution in [3.8, 4) is 11.5 Å². The van der Waals surface area contributed by atoms with E-state index in [1.54, 1.807) is 0 Å². The van der Waals surface area contributed by atoms with E-state index in [1.807, 2.05) is 22.9 Å². The molecule has 10 heteroatoms. The Kier molecular flexibility index (Phi) is 5.03. The zero-order valence-corrected chi connectivity index (χ0v) is 17.8. The minimum Gasteiger partial charge on any atom is -0.454 e. The first kappa shape index (κ1) is 19.7. The lowest BCUT2D eigenvalue weighted by Gasteiger charge is -2.34. The highest BCUT2D eigenvalue weighted by atomic mass is 16.7. The lowest BCUT2D eigenvalue weighted by molar-refractivity contribution is 0.0209. The van der Waals surface area contributed by atoms with Crippen molar-refractivity contribution in [1.29, 1.82) is 0 Å². The molecule has 3 aliphatic rings. The van der Waals surface area contributed by atoms with Crippen LogP contribution in [-0.4, -0.2) is 63.2 Å². The van der Waals surface area contributed by atoms with Gasteiger partial charge in [-0.15, -0.1) is 5.10 Å². The van der Waals surface area contributed by atoms with Gasteiger partial charge in [0.25, 0.3) is 5.56 Å². The first-order valence-electron chi connectivity index (χ1n) is 11.3. The summed E-state index contributed by atoms with van der Waals surface area (Å²) in [7, 11) is 0. The Morgan fingerprint density at radius 2 is 1.81 bits per heavy atom. The molecule has 1 atom stereocenters. The molecule has 168 valence electrons. The van der Waals surface area contributed by atoms with Gasteiger partial charge < -0.3 is 19.2 Å². The molecule has 2 aromatic heterocycles. The first-order valence-corrected chi connectivity index (χ1v) is 11.3. The number of fused-ring (bicyclic) bond motifs is 2. The minimum atomic E-state index is -0.352. The van der Waals surface area contributed by atoms with Crippen LogP contribution in [-0.2, 0) is 4.74 Å².